The Bertz CT molecular complexity index is 994. The zero-order valence-corrected chi connectivity index (χ0v) is 19.9. The molecule has 0 bridgehead atoms. The van der Waals surface area contributed by atoms with Crippen molar-refractivity contribution in [3.8, 4) is 0 Å². The number of carbonyl (C=O) groups excluding carboxylic acids is 2. The Balaban J connectivity index is 1.67. The first-order chi connectivity index (χ1) is 15.8. The van der Waals surface area contributed by atoms with Crippen molar-refractivity contribution in [2.45, 2.75) is 70.8 Å². The summed E-state index contributed by atoms with van der Waals surface area (Å²) >= 11 is 0. The molecule has 1 aliphatic carbocycles. The maximum absolute atomic E-state index is 12.9. The van der Waals surface area contributed by atoms with Gasteiger partial charge in [-0.1, -0.05) is 87.9 Å². The smallest absolute Gasteiger partial charge is 0.441 e. The topological polar surface area (TPSA) is 79.8 Å². The summed E-state index contributed by atoms with van der Waals surface area (Å²) in [5, 5.41) is 0. The molecule has 0 aromatic heterocycles. The lowest BCUT2D eigenvalue weighted by Gasteiger charge is -2.43. The Morgan fingerprint density at radius 3 is 2.30 bits per heavy atom. The zero-order valence-electron chi connectivity index (χ0n) is 19.9. The number of Topliss-reactive ketones (excluding diaryl/α,β-unsaturated/α-hetero) is 1. The van der Waals surface area contributed by atoms with E-state index in [1.54, 1.807) is 0 Å². The molecule has 0 N–H and O–H groups in total. The van der Waals surface area contributed by atoms with Gasteiger partial charge < -0.3 is 10.3 Å². The minimum absolute atomic E-state index is 0.105. The van der Waals surface area contributed by atoms with Gasteiger partial charge in [0, 0.05) is 12.3 Å². The Morgan fingerprint density at radius 1 is 1.03 bits per heavy atom. The van der Waals surface area contributed by atoms with Crippen molar-refractivity contribution < 1.29 is 19.1 Å². The van der Waals surface area contributed by atoms with E-state index in [4.69, 9.17) is 4.74 Å². The summed E-state index contributed by atoms with van der Waals surface area (Å²) in [7, 11) is 0. The highest BCUT2D eigenvalue weighted by Gasteiger charge is 2.43. The molecule has 0 unspecified atom stereocenters. The summed E-state index contributed by atoms with van der Waals surface area (Å²) in [5.74, 6) is -0.786. The molecule has 1 saturated carbocycles. The molecule has 174 valence electrons. The molecule has 0 spiro atoms. The summed E-state index contributed by atoms with van der Waals surface area (Å²) < 4.78 is 5.87. The van der Waals surface area contributed by atoms with Crippen LogP contribution >= 0.6 is 0 Å². The average molecular weight is 447 g/mol. The van der Waals surface area contributed by atoms with Gasteiger partial charge in [-0.3, -0.25) is 4.79 Å². The van der Waals surface area contributed by atoms with Crippen molar-refractivity contribution >= 4 is 17.5 Å². The van der Waals surface area contributed by atoms with Gasteiger partial charge in [0.2, 0.25) is 0 Å². The number of ketones is 1. The first-order valence-electron chi connectivity index (χ1n) is 11.9. The number of hydrogen-bond donors (Lipinski definition) is 0. The SMILES string of the molecule is C[C@@H]1CC[C@@H](C(C)(C)c2ccccc2)[C@H](OC(=O)C(=[N+]=[N-])C(=O)CCCc2ccccc2)C1. The Kier molecular flexibility index (Phi) is 8.35. The molecule has 2 aromatic rings. The van der Waals surface area contributed by atoms with Crippen LogP contribution in [0.4, 0.5) is 0 Å². The van der Waals surface area contributed by atoms with Crippen LogP contribution in [0.1, 0.15) is 64.0 Å². The van der Waals surface area contributed by atoms with Crippen LogP contribution in [0.5, 0.6) is 0 Å². The highest BCUT2D eigenvalue weighted by molar-refractivity contribution is 6.62. The number of ether oxygens (including phenoxy) is 1. The van der Waals surface area contributed by atoms with Crippen LogP contribution in [0, 0.1) is 11.8 Å². The lowest BCUT2D eigenvalue weighted by atomic mass is 9.64. The summed E-state index contributed by atoms with van der Waals surface area (Å²) in [6, 6.07) is 20.1. The normalized spacial score (nSPS) is 20.5. The molecule has 3 rings (SSSR count). The van der Waals surface area contributed by atoms with E-state index in [-0.39, 0.29) is 23.9 Å². The summed E-state index contributed by atoms with van der Waals surface area (Å²) in [6.45, 7) is 6.52. The van der Waals surface area contributed by atoms with Gasteiger partial charge in [-0.15, -0.1) is 0 Å². The van der Waals surface area contributed by atoms with Gasteiger partial charge in [-0.2, -0.15) is 4.79 Å². The van der Waals surface area contributed by atoms with Crippen LogP contribution in [-0.2, 0) is 26.2 Å². The molecule has 2 aromatic carbocycles. The van der Waals surface area contributed by atoms with Gasteiger partial charge in [-0.25, -0.2) is 4.79 Å². The lowest BCUT2D eigenvalue weighted by Crippen LogP contribution is -2.45. The van der Waals surface area contributed by atoms with E-state index in [2.05, 4.69) is 37.7 Å². The zero-order chi connectivity index (χ0) is 23.8. The van der Waals surface area contributed by atoms with Crippen LogP contribution in [0.3, 0.4) is 0 Å². The second-order valence-electron chi connectivity index (χ2n) is 9.77. The Hall–Kier alpha value is -3.04. The minimum Gasteiger partial charge on any atom is -0.453 e. The quantitative estimate of drug-likeness (QED) is 0.166. The first kappa shape index (κ1) is 24.6. The molecular formula is C28H34N2O3. The number of hydrogen-bond acceptors (Lipinski definition) is 3. The molecule has 0 amide bonds. The molecule has 1 aliphatic rings. The van der Waals surface area contributed by atoms with E-state index in [9.17, 15) is 15.1 Å². The molecule has 33 heavy (non-hydrogen) atoms. The van der Waals surface area contributed by atoms with Crippen molar-refractivity contribution in [1.82, 2.24) is 0 Å². The minimum atomic E-state index is -0.824. The molecule has 0 radical (unpaired) electrons. The molecule has 0 aliphatic heterocycles. The van der Waals surface area contributed by atoms with Gasteiger partial charge in [0.15, 0.2) is 0 Å². The van der Waals surface area contributed by atoms with Gasteiger partial charge >= 0.3 is 11.7 Å². The summed E-state index contributed by atoms with van der Waals surface area (Å²) in [5.41, 5.74) is 11.0. The fraction of sp³-hybridized carbons (Fsp3) is 0.464. The predicted octanol–water partition coefficient (Wildman–Crippen LogP) is 5.58. The Labute approximate surface area is 196 Å². The lowest BCUT2D eigenvalue weighted by molar-refractivity contribution is -0.153. The maximum Gasteiger partial charge on any atom is 0.441 e. The molecule has 3 atom stereocenters. The number of aryl methyl sites for hydroxylation is 1. The second kappa shape index (κ2) is 11.2. The van der Waals surface area contributed by atoms with E-state index in [0.717, 1.165) is 24.8 Å². The molecule has 5 heteroatoms. The first-order valence-corrected chi connectivity index (χ1v) is 11.9. The summed E-state index contributed by atoms with van der Waals surface area (Å²) in [6.07, 6.45) is 3.79. The van der Waals surface area contributed by atoms with Gasteiger partial charge in [0.05, 0.1) is 0 Å². The largest absolute Gasteiger partial charge is 0.453 e. The molecular weight excluding hydrogens is 412 g/mol. The predicted molar refractivity (Wildman–Crippen MR) is 129 cm³/mol. The number of nitrogens with zero attached hydrogens (tertiary/aromatic N) is 2. The number of rotatable bonds is 9. The molecule has 1 fully saturated rings. The van der Waals surface area contributed by atoms with Crippen molar-refractivity contribution in [3.63, 3.8) is 0 Å². The summed E-state index contributed by atoms with van der Waals surface area (Å²) in [4.78, 5) is 28.6. The van der Waals surface area contributed by atoms with E-state index in [1.807, 2.05) is 48.5 Å². The maximum atomic E-state index is 12.9. The Morgan fingerprint density at radius 2 is 1.67 bits per heavy atom. The third-order valence-corrected chi connectivity index (χ3v) is 7.03. The molecule has 5 nitrogen and oxygen atoms in total. The van der Waals surface area contributed by atoms with E-state index >= 15 is 0 Å². The fourth-order valence-electron chi connectivity index (χ4n) is 4.99. The van der Waals surface area contributed by atoms with Crippen LogP contribution in [0.2, 0.25) is 0 Å². The van der Waals surface area contributed by atoms with Gasteiger partial charge in [-0.05, 0) is 48.1 Å². The van der Waals surface area contributed by atoms with E-state index < -0.39 is 17.5 Å². The van der Waals surface area contributed by atoms with Crippen LogP contribution in [-0.4, -0.2) is 28.4 Å². The third-order valence-electron chi connectivity index (χ3n) is 7.03. The number of esters is 1. The van der Waals surface area contributed by atoms with Crippen molar-refractivity contribution in [1.29, 1.82) is 0 Å². The van der Waals surface area contributed by atoms with Crippen LogP contribution in [0.15, 0.2) is 60.7 Å². The van der Waals surface area contributed by atoms with Crippen molar-refractivity contribution in [2.24, 2.45) is 11.8 Å². The highest BCUT2D eigenvalue weighted by atomic mass is 16.5. The third kappa shape index (κ3) is 6.27. The molecule has 0 heterocycles. The average Bonchev–Trinajstić information content (AvgIpc) is 2.81. The van der Waals surface area contributed by atoms with Gasteiger partial charge in [0.25, 0.3) is 5.78 Å². The van der Waals surface area contributed by atoms with Gasteiger partial charge in [0.1, 0.15) is 6.10 Å². The van der Waals surface area contributed by atoms with Crippen molar-refractivity contribution in [3.05, 3.63) is 77.3 Å². The number of carbonyl (C=O) groups is 2. The standard InChI is InChI=1S/C28H34N2O3/c1-20-17-18-23(28(2,3)22-14-8-5-9-15-22)25(19-20)33-27(32)26(30-29)24(31)16-10-13-21-11-6-4-7-12-21/h4-9,11-12,14-15,20,23,25H,10,13,16-19H2,1-3H3/t20-,23-,25-/m1/s1. The van der Waals surface area contributed by atoms with Crippen LogP contribution in [0.25, 0.3) is 5.53 Å². The van der Waals surface area contributed by atoms with E-state index in [1.165, 1.54) is 5.56 Å². The monoisotopic (exact) mass is 446 g/mol. The van der Waals surface area contributed by atoms with Crippen molar-refractivity contribution in [2.75, 3.05) is 0 Å². The second-order valence-corrected chi connectivity index (χ2v) is 9.77. The van der Waals surface area contributed by atoms with Crippen LogP contribution < -0.4 is 0 Å². The number of benzene rings is 2. The molecule has 0 saturated heterocycles. The highest BCUT2D eigenvalue weighted by Crippen LogP contribution is 2.43. The fourth-order valence-corrected chi connectivity index (χ4v) is 4.99. The van der Waals surface area contributed by atoms with E-state index in [0.29, 0.717) is 18.8 Å².